The van der Waals surface area contributed by atoms with E-state index in [1.807, 2.05) is 237 Å². The average Bonchev–Trinajstić information content (AvgIpc) is 2.08. The van der Waals surface area contributed by atoms with E-state index in [9.17, 15) is 0 Å². The van der Waals surface area contributed by atoms with Gasteiger partial charge in [0.05, 0.1) is 36.9 Å². The molecule has 15 heteroatoms. The summed E-state index contributed by atoms with van der Waals surface area (Å²) in [6.45, 7) is 91.3. The van der Waals surface area contributed by atoms with E-state index in [0.29, 0.717) is 65.2 Å². The number of nitrogens with zero attached hydrogens (tertiary/aromatic N) is 5. The van der Waals surface area contributed by atoms with Gasteiger partial charge in [0.25, 0.3) is 0 Å². The number of hydrogen-bond acceptors (Lipinski definition) is 12. The minimum absolute atomic E-state index is 0.456. The van der Waals surface area contributed by atoms with E-state index in [1.165, 1.54) is 32.1 Å². The van der Waals surface area contributed by atoms with Crippen molar-refractivity contribution in [2.45, 2.75) is 370 Å². The lowest BCUT2D eigenvalue weighted by molar-refractivity contribution is 0.371. The smallest absolute Gasteiger partial charge is 0.139 e. The number of nitrogens with one attached hydrogen (secondary N) is 2. The Balaban J connectivity index is -0.000000106. The largest absolute Gasteiger partial charge is 0.472 e. The standard InChI is InChI=1S/3C7H11N.2C7H10O.2C7H10S.3C6H9NO.C6H9NS.11C2H6/c1-6(2)7-3-4-8-5-7;1-7(2)8-5-3-4-6-8;1-6(2)7-4-3-5-8-7;1-6(2)7-3-4-8-5-7;1-6(2)7-4-3-5-8-7;1-6(2)7-3-4-8-5-7;1-6(2)7-4-3-5-8-7;1-5(2)6-3-7-8-4-6;1-5(2)6-3-4-8-7-6;2*1-5(2)6-3-4-7-8-6;11*1-2/h3-6,8H,1-2H3;3-7H,1-2H3;3-6,8H,1-2H3;4*3-6H,1-2H3;4*3-5H,1-2H3;11*1-2H3. The quantitative estimate of drug-likeness (QED) is 0.129. The Kier molecular flexibility index (Phi) is 113. The fourth-order valence-corrected chi connectivity index (χ4v) is 8.74. The predicted molar refractivity (Wildman–Crippen MR) is 500 cm³/mol. The van der Waals surface area contributed by atoms with Crippen LogP contribution < -0.4 is 0 Å². The first-order valence-corrected chi connectivity index (χ1v) is 44.5. The summed E-state index contributed by atoms with van der Waals surface area (Å²) in [6.07, 6.45) is 23.8. The van der Waals surface area contributed by atoms with Crippen LogP contribution in [0.3, 0.4) is 0 Å². The van der Waals surface area contributed by atoms with Crippen LogP contribution in [0.2, 0.25) is 0 Å². The molecule has 0 saturated heterocycles. The van der Waals surface area contributed by atoms with Crippen molar-refractivity contribution < 1.29 is 22.4 Å². The first-order valence-electron chi connectivity index (χ1n) is 42.0. The van der Waals surface area contributed by atoms with Gasteiger partial charge in [-0.3, -0.25) is 0 Å². The normalized spacial score (nSPS) is 8.90. The van der Waals surface area contributed by atoms with Crippen molar-refractivity contribution in [3.8, 4) is 0 Å². The first-order chi connectivity index (χ1) is 52.8. The Labute approximate surface area is 693 Å². The molecule has 11 rings (SSSR count). The van der Waals surface area contributed by atoms with Crippen LogP contribution in [0.5, 0.6) is 0 Å². The van der Waals surface area contributed by atoms with Crippen molar-refractivity contribution in [1.29, 1.82) is 0 Å². The summed E-state index contributed by atoms with van der Waals surface area (Å²) in [6, 6.07) is 29.1. The van der Waals surface area contributed by atoms with Gasteiger partial charge in [0.15, 0.2) is 0 Å². The van der Waals surface area contributed by atoms with Crippen LogP contribution in [0.25, 0.3) is 0 Å². The summed E-state index contributed by atoms with van der Waals surface area (Å²) >= 11 is 5.18. The van der Waals surface area contributed by atoms with Gasteiger partial charge in [0.1, 0.15) is 24.0 Å². The number of furan rings is 2. The molecule has 0 aliphatic heterocycles. The minimum atomic E-state index is 0.456. The van der Waals surface area contributed by atoms with E-state index in [4.69, 9.17) is 13.4 Å². The van der Waals surface area contributed by atoms with Gasteiger partial charge in [-0.1, -0.05) is 312 Å². The second kappa shape index (κ2) is 98.1. The van der Waals surface area contributed by atoms with Crippen molar-refractivity contribution >= 4 is 34.2 Å². The molecule has 0 aliphatic carbocycles. The van der Waals surface area contributed by atoms with Crippen molar-refractivity contribution in [2.24, 2.45) is 0 Å². The third-order valence-electron chi connectivity index (χ3n) is 12.6. The number of H-pyrrole nitrogens is 2. The minimum Gasteiger partial charge on any atom is -0.472 e. The topological polar surface area (TPSA) is 154 Å². The molecule has 0 spiro atoms. The van der Waals surface area contributed by atoms with Gasteiger partial charge in [0.2, 0.25) is 0 Å². The van der Waals surface area contributed by atoms with Crippen LogP contribution >= 0.6 is 34.2 Å². The SMILES string of the molecule is CC.CC.CC.CC.CC.CC.CC.CC.CC.CC.CC.CC(C)c1cc[nH]c1.CC(C)c1ccc[nH]1.CC(C)c1ccco1.CC(C)c1cccs1.CC(C)c1ccno1.CC(C)c1ccns1.CC(C)c1ccoc1.CC(C)c1ccon1.CC(C)c1ccsc1.CC(C)c1cnoc1.CC(C)n1cccc1. The summed E-state index contributed by atoms with van der Waals surface area (Å²) in [4.78, 5) is 8.99. The number of hydrogen-bond donors (Lipinski definition) is 2. The molecule has 2 N–H and O–H groups in total. The molecular weight excluding hydrogens is 1420 g/mol. The van der Waals surface area contributed by atoms with Crippen LogP contribution in [-0.2, 0) is 0 Å². The monoisotopic (exact) mass is 1590 g/mol. The molecule has 0 aliphatic rings. The number of aromatic nitrogens is 7. The maximum Gasteiger partial charge on any atom is 0.139 e. The van der Waals surface area contributed by atoms with Gasteiger partial charge in [-0.15, -0.1) is 11.3 Å². The highest BCUT2D eigenvalue weighted by molar-refractivity contribution is 7.10. The predicted octanol–water partition coefficient (Wildman–Crippen LogP) is 35.8. The second-order valence-electron chi connectivity index (χ2n) is 23.9. The average molecular weight is 1590 g/mol. The Morgan fingerprint density at radius 3 is 1.12 bits per heavy atom. The van der Waals surface area contributed by atoms with Crippen LogP contribution in [0.1, 0.15) is 425 Å². The van der Waals surface area contributed by atoms with Crippen molar-refractivity contribution in [1.82, 2.24) is 34.4 Å². The van der Waals surface area contributed by atoms with E-state index in [1.54, 1.807) is 66.6 Å². The molecule has 11 heterocycles. The molecule has 12 nitrogen and oxygen atoms in total. The van der Waals surface area contributed by atoms with E-state index in [-0.39, 0.29) is 0 Å². The van der Waals surface area contributed by atoms with Gasteiger partial charge in [-0.05, 0) is 172 Å². The molecular formula is C95H175N7O5S3. The van der Waals surface area contributed by atoms with Crippen molar-refractivity contribution in [3.63, 3.8) is 0 Å². The summed E-state index contributed by atoms with van der Waals surface area (Å²) in [7, 11) is 0. The molecule has 0 radical (unpaired) electrons. The Bertz CT molecular complexity index is 2300. The van der Waals surface area contributed by atoms with Crippen molar-refractivity contribution in [3.05, 3.63) is 237 Å². The van der Waals surface area contributed by atoms with Crippen molar-refractivity contribution in [2.75, 3.05) is 0 Å². The van der Waals surface area contributed by atoms with Gasteiger partial charge in [0, 0.05) is 88.2 Å². The molecule has 0 fully saturated rings. The van der Waals surface area contributed by atoms with Crippen LogP contribution in [-0.4, -0.2) is 34.4 Å². The Morgan fingerprint density at radius 1 is 0.382 bits per heavy atom. The lowest BCUT2D eigenvalue weighted by Gasteiger charge is -2.03. The lowest BCUT2D eigenvalue weighted by Crippen LogP contribution is -1.94. The highest BCUT2D eigenvalue weighted by atomic mass is 32.1. The zero-order chi connectivity index (χ0) is 87.8. The molecule has 638 valence electrons. The lowest BCUT2D eigenvalue weighted by atomic mass is 10.1. The Hall–Kier alpha value is -6.94. The number of thiophene rings is 2. The zero-order valence-corrected chi connectivity index (χ0v) is 81.6. The van der Waals surface area contributed by atoms with Crippen LogP contribution in [0.15, 0.2) is 204 Å². The van der Waals surface area contributed by atoms with E-state index >= 15 is 0 Å². The third-order valence-corrected chi connectivity index (χ3v) is 15.5. The van der Waals surface area contributed by atoms with E-state index in [0.717, 1.165) is 22.8 Å². The van der Waals surface area contributed by atoms with Gasteiger partial charge in [-0.2, -0.15) is 11.3 Å². The number of rotatable bonds is 11. The van der Waals surface area contributed by atoms with Gasteiger partial charge in [-0.25, -0.2) is 4.37 Å². The number of aromatic amines is 2. The Morgan fingerprint density at radius 2 is 0.918 bits per heavy atom. The summed E-state index contributed by atoms with van der Waals surface area (Å²) in [5, 5.41) is 17.3. The molecule has 0 saturated carbocycles. The molecule has 11 aromatic heterocycles. The fraction of sp³-hybridized carbons (Fsp3) is 0.579. The van der Waals surface area contributed by atoms with E-state index in [2.05, 4.69) is 261 Å². The summed E-state index contributed by atoms with van der Waals surface area (Å²) in [5.41, 5.74) is 7.59. The van der Waals surface area contributed by atoms with Gasteiger partial charge < -0.3 is 36.9 Å². The molecule has 0 atom stereocenters. The van der Waals surface area contributed by atoms with E-state index < -0.39 is 0 Å². The zero-order valence-electron chi connectivity index (χ0n) is 79.2. The van der Waals surface area contributed by atoms with Crippen LogP contribution in [0, 0.1) is 0 Å². The summed E-state index contributed by atoms with van der Waals surface area (Å²) in [5.74, 6) is 7.91. The molecule has 11 aromatic rings. The molecule has 0 bridgehead atoms. The molecule has 0 unspecified atom stereocenters. The third kappa shape index (κ3) is 77.8. The van der Waals surface area contributed by atoms with Crippen LogP contribution in [0.4, 0.5) is 0 Å². The fourth-order valence-electron chi connectivity index (χ4n) is 6.60. The maximum atomic E-state index is 5.09. The first kappa shape index (κ1) is 127. The highest BCUT2D eigenvalue weighted by Crippen LogP contribution is 2.21. The molecule has 0 amide bonds. The summed E-state index contributed by atoms with van der Waals surface area (Å²) < 4.78 is 30.2. The molecule has 110 heavy (non-hydrogen) atoms. The highest BCUT2D eigenvalue weighted by Gasteiger charge is 2.04. The maximum absolute atomic E-state index is 5.09. The molecule has 0 aromatic carbocycles. The second-order valence-corrected chi connectivity index (χ2v) is 26.5. The van der Waals surface area contributed by atoms with Gasteiger partial charge >= 0.3 is 0 Å².